The van der Waals surface area contributed by atoms with Crippen LogP contribution in [-0.2, 0) is 9.59 Å². The SMILES string of the molecule is CC(=O)N(CC(=O)Nc1ccccc1F)c1ccccc1C. The van der Waals surface area contributed by atoms with Crippen molar-refractivity contribution in [1.82, 2.24) is 0 Å². The van der Waals surface area contributed by atoms with Crippen LogP contribution in [0.2, 0.25) is 0 Å². The van der Waals surface area contributed by atoms with Crippen LogP contribution in [0.5, 0.6) is 0 Å². The van der Waals surface area contributed by atoms with Crippen LogP contribution in [0.4, 0.5) is 15.8 Å². The van der Waals surface area contributed by atoms with Crippen LogP contribution in [0, 0.1) is 12.7 Å². The fraction of sp³-hybridized carbons (Fsp3) is 0.176. The van der Waals surface area contributed by atoms with E-state index in [0.29, 0.717) is 5.69 Å². The summed E-state index contributed by atoms with van der Waals surface area (Å²) in [5.41, 5.74) is 1.65. The van der Waals surface area contributed by atoms with Crippen LogP contribution in [0.1, 0.15) is 12.5 Å². The first kappa shape index (κ1) is 15.7. The van der Waals surface area contributed by atoms with Crippen LogP contribution in [0.3, 0.4) is 0 Å². The number of benzene rings is 2. The number of rotatable bonds is 4. The Morgan fingerprint density at radius 3 is 2.36 bits per heavy atom. The van der Waals surface area contributed by atoms with Gasteiger partial charge in [0.2, 0.25) is 11.8 Å². The Balaban J connectivity index is 2.15. The molecular formula is C17H17FN2O2. The maximum Gasteiger partial charge on any atom is 0.244 e. The summed E-state index contributed by atoms with van der Waals surface area (Å²) in [6.07, 6.45) is 0. The molecule has 0 saturated heterocycles. The fourth-order valence-electron chi connectivity index (χ4n) is 2.13. The first-order chi connectivity index (χ1) is 10.5. The summed E-state index contributed by atoms with van der Waals surface area (Å²) in [6, 6.07) is 13.2. The Bertz CT molecular complexity index is 701. The van der Waals surface area contributed by atoms with Crippen LogP contribution >= 0.6 is 0 Å². The van der Waals surface area contributed by atoms with Gasteiger partial charge in [-0.05, 0) is 30.7 Å². The van der Waals surface area contributed by atoms with Crippen molar-refractivity contribution >= 4 is 23.2 Å². The van der Waals surface area contributed by atoms with Gasteiger partial charge >= 0.3 is 0 Å². The number of carbonyl (C=O) groups is 2. The minimum Gasteiger partial charge on any atom is -0.322 e. The van der Waals surface area contributed by atoms with E-state index < -0.39 is 11.7 Å². The van der Waals surface area contributed by atoms with Gasteiger partial charge in [-0.2, -0.15) is 0 Å². The molecule has 0 bridgehead atoms. The number of nitrogens with zero attached hydrogens (tertiary/aromatic N) is 1. The summed E-state index contributed by atoms with van der Waals surface area (Å²) in [4.78, 5) is 25.3. The number of aryl methyl sites for hydroxylation is 1. The van der Waals surface area contributed by atoms with E-state index in [0.717, 1.165) is 5.56 Å². The van der Waals surface area contributed by atoms with Crippen LogP contribution in [0.15, 0.2) is 48.5 Å². The second-order valence-electron chi connectivity index (χ2n) is 4.92. The summed E-state index contributed by atoms with van der Waals surface area (Å²) in [6.45, 7) is 3.08. The van der Waals surface area contributed by atoms with E-state index in [1.54, 1.807) is 24.3 Å². The predicted molar refractivity (Wildman–Crippen MR) is 84.2 cm³/mol. The molecule has 5 heteroatoms. The van der Waals surface area contributed by atoms with E-state index in [4.69, 9.17) is 0 Å². The highest BCUT2D eigenvalue weighted by Gasteiger charge is 2.18. The van der Waals surface area contributed by atoms with Gasteiger partial charge in [0.25, 0.3) is 0 Å². The van der Waals surface area contributed by atoms with Gasteiger partial charge in [0.1, 0.15) is 12.4 Å². The van der Waals surface area contributed by atoms with E-state index >= 15 is 0 Å². The van der Waals surface area contributed by atoms with Crippen molar-refractivity contribution in [1.29, 1.82) is 0 Å². The number of para-hydroxylation sites is 2. The number of halogens is 1. The molecule has 0 aliphatic heterocycles. The lowest BCUT2D eigenvalue weighted by Crippen LogP contribution is -2.37. The predicted octanol–water partition coefficient (Wildman–Crippen LogP) is 3.13. The van der Waals surface area contributed by atoms with Crippen molar-refractivity contribution in [3.8, 4) is 0 Å². The van der Waals surface area contributed by atoms with E-state index in [2.05, 4.69) is 5.32 Å². The average Bonchev–Trinajstić information content (AvgIpc) is 2.48. The maximum absolute atomic E-state index is 13.5. The fourth-order valence-corrected chi connectivity index (χ4v) is 2.13. The highest BCUT2D eigenvalue weighted by atomic mass is 19.1. The van der Waals surface area contributed by atoms with E-state index in [9.17, 15) is 14.0 Å². The van der Waals surface area contributed by atoms with Gasteiger partial charge in [0.15, 0.2) is 0 Å². The summed E-state index contributed by atoms with van der Waals surface area (Å²) in [5, 5.41) is 2.48. The van der Waals surface area contributed by atoms with Crippen LogP contribution in [0.25, 0.3) is 0 Å². The number of anilines is 2. The van der Waals surface area contributed by atoms with Crippen molar-refractivity contribution in [3.63, 3.8) is 0 Å². The largest absolute Gasteiger partial charge is 0.322 e. The smallest absolute Gasteiger partial charge is 0.244 e. The maximum atomic E-state index is 13.5. The van der Waals surface area contributed by atoms with E-state index in [1.165, 1.54) is 24.0 Å². The first-order valence-electron chi connectivity index (χ1n) is 6.87. The standard InChI is InChI=1S/C17H17FN2O2/c1-12-7-3-6-10-16(12)20(13(2)21)11-17(22)19-15-9-5-4-8-14(15)18/h3-10H,11H2,1-2H3,(H,19,22). The first-order valence-corrected chi connectivity index (χ1v) is 6.87. The molecule has 2 aromatic rings. The number of nitrogens with one attached hydrogen (secondary N) is 1. The Morgan fingerprint density at radius 2 is 1.73 bits per heavy atom. The van der Waals surface area contributed by atoms with Gasteiger partial charge in [-0.3, -0.25) is 9.59 Å². The molecular weight excluding hydrogens is 283 g/mol. The zero-order chi connectivity index (χ0) is 16.1. The van der Waals surface area contributed by atoms with Gasteiger partial charge in [-0.15, -0.1) is 0 Å². The number of hydrogen-bond donors (Lipinski definition) is 1. The van der Waals surface area contributed by atoms with Gasteiger partial charge in [-0.1, -0.05) is 30.3 Å². The minimum absolute atomic E-state index is 0.0979. The molecule has 1 N–H and O–H groups in total. The zero-order valence-corrected chi connectivity index (χ0v) is 12.5. The Labute approximate surface area is 128 Å². The van der Waals surface area contributed by atoms with Gasteiger partial charge in [0.05, 0.1) is 5.69 Å². The quantitative estimate of drug-likeness (QED) is 0.943. The molecule has 0 unspecified atom stereocenters. The molecule has 2 aromatic carbocycles. The van der Waals surface area contributed by atoms with E-state index in [1.807, 2.05) is 19.1 Å². The Hall–Kier alpha value is -2.69. The molecule has 2 rings (SSSR count). The van der Waals surface area contributed by atoms with E-state index in [-0.39, 0.29) is 18.1 Å². The lowest BCUT2D eigenvalue weighted by Gasteiger charge is -2.22. The number of carbonyl (C=O) groups excluding carboxylic acids is 2. The highest BCUT2D eigenvalue weighted by Crippen LogP contribution is 2.20. The topological polar surface area (TPSA) is 49.4 Å². The van der Waals surface area contributed by atoms with Crippen molar-refractivity contribution in [2.24, 2.45) is 0 Å². The summed E-state index contributed by atoms with van der Waals surface area (Å²) >= 11 is 0. The molecule has 22 heavy (non-hydrogen) atoms. The molecule has 0 radical (unpaired) electrons. The number of hydrogen-bond acceptors (Lipinski definition) is 2. The molecule has 2 amide bonds. The molecule has 0 spiro atoms. The van der Waals surface area contributed by atoms with Gasteiger partial charge in [-0.25, -0.2) is 4.39 Å². The molecule has 0 heterocycles. The third-order valence-corrected chi connectivity index (χ3v) is 3.24. The molecule has 0 aliphatic carbocycles. The molecule has 0 saturated carbocycles. The van der Waals surface area contributed by atoms with Crippen molar-refractivity contribution in [2.75, 3.05) is 16.8 Å². The van der Waals surface area contributed by atoms with Crippen molar-refractivity contribution in [2.45, 2.75) is 13.8 Å². The second-order valence-corrected chi connectivity index (χ2v) is 4.92. The van der Waals surface area contributed by atoms with Gasteiger partial charge < -0.3 is 10.2 Å². The van der Waals surface area contributed by atoms with Crippen molar-refractivity contribution < 1.29 is 14.0 Å². The summed E-state index contributed by atoms with van der Waals surface area (Å²) in [7, 11) is 0. The van der Waals surface area contributed by atoms with Crippen LogP contribution in [-0.4, -0.2) is 18.4 Å². The third kappa shape index (κ3) is 3.69. The molecule has 0 fully saturated rings. The summed E-state index contributed by atoms with van der Waals surface area (Å²) < 4.78 is 13.5. The molecule has 0 aliphatic rings. The lowest BCUT2D eigenvalue weighted by molar-refractivity contribution is -0.120. The zero-order valence-electron chi connectivity index (χ0n) is 12.5. The second kappa shape index (κ2) is 6.85. The molecule has 0 atom stereocenters. The minimum atomic E-state index is -0.513. The third-order valence-electron chi connectivity index (χ3n) is 3.24. The van der Waals surface area contributed by atoms with Gasteiger partial charge in [0, 0.05) is 12.6 Å². The van der Waals surface area contributed by atoms with Crippen LogP contribution < -0.4 is 10.2 Å². The summed E-state index contributed by atoms with van der Waals surface area (Å²) in [5.74, 6) is -1.22. The Morgan fingerprint density at radius 1 is 1.09 bits per heavy atom. The average molecular weight is 300 g/mol. The number of amides is 2. The van der Waals surface area contributed by atoms with Crippen molar-refractivity contribution in [3.05, 3.63) is 59.9 Å². The highest BCUT2D eigenvalue weighted by molar-refractivity contribution is 6.02. The molecule has 4 nitrogen and oxygen atoms in total. The normalized spacial score (nSPS) is 10.1. The Kier molecular flexibility index (Phi) is 4.88. The molecule has 114 valence electrons. The molecule has 0 aromatic heterocycles. The monoisotopic (exact) mass is 300 g/mol. The lowest BCUT2D eigenvalue weighted by atomic mass is 10.2.